The van der Waals surface area contributed by atoms with Crippen molar-refractivity contribution in [3.63, 3.8) is 0 Å². The maximum atomic E-state index is 5.93. The van der Waals surface area contributed by atoms with E-state index in [4.69, 9.17) is 10.5 Å². The number of ether oxygens (including phenoxy) is 1. The van der Waals surface area contributed by atoms with Crippen molar-refractivity contribution in [3.05, 3.63) is 29.8 Å². The van der Waals surface area contributed by atoms with Crippen LogP contribution in [0.4, 0.5) is 5.69 Å². The van der Waals surface area contributed by atoms with E-state index in [-0.39, 0.29) is 17.7 Å². The third-order valence-electron chi connectivity index (χ3n) is 3.35. The fourth-order valence-electron chi connectivity index (χ4n) is 2.64. The quantitative estimate of drug-likeness (QED) is 0.874. The molecule has 1 unspecified atom stereocenters. The maximum absolute atomic E-state index is 5.93. The van der Waals surface area contributed by atoms with Gasteiger partial charge in [0, 0.05) is 24.8 Å². The molecule has 1 aliphatic heterocycles. The van der Waals surface area contributed by atoms with Gasteiger partial charge in [-0.2, -0.15) is 0 Å². The lowest BCUT2D eigenvalue weighted by atomic mass is 10.0. The van der Waals surface area contributed by atoms with Gasteiger partial charge in [0.15, 0.2) is 0 Å². The average Bonchev–Trinajstić information content (AvgIpc) is 2.26. The van der Waals surface area contributed by atoms with Crippen LogP contribution in [-0.4, -0.2) is 24.8 Å². The van der Waals surface area contributed by atoms with Gasteiger partial charge in [-0.15, -0.1) is 0 Å². The Morgan fingerprint density at radius 1 is 1.33 bits per heavy atom. The first-order chi connectivity index (χ1) is 8.37. The summed E-state index contributed by atoms with van der Waals surface area (Å²) >= 11 is 0. The Morgan fingerprint density at radius 3 is 2.44 bits per heavy atom. The predicted molar refractivity (Wildman–Crippen MR) is 75.9 cm³/mol. The van der Waals surface area contributed by atoms with Crippen molar-refractivity contribution in [2.24, 2.45) is 5.73 Å². The van der Waals surface area contributed by atoms with E-state index >= 15 is 0 Å². The van der Waals surface area contributed by atoms with Crippen molar-refractivity contribution in [1.29, 1.82) is 0 Å². The van der Waals surface area contributed by atoms with Crippen molar-refractivity contribution in [2.45, 2.75) is 45.4 Å². The standard InChI is InChI=1S/C15H24N2O/c1-11-9-17(10-15(3,4)18-11)14-7-5-13(6-8-14)12(2)16/h5-8,11-12H,9-10,16H2,1-4H3/t11?,12-/m0/s1. The van der Waals surface area contributed by atoms with E-state index < -0.39 is 0 Å². The van der Waals surface area contributed by atoms with Crippen LogP contribution in [0.3, 0.4) is 0 Å². The maximum Gasteiger partial charge on any atom is 0.0805 e. The summed E-state index contributed by atoms with van der Waals surface area (Å²) in [5.74, 6) is 0. The Morgan fingerprint density at radius 2 is 1.94 bits per heavy atom. The van der Waals surface area contributed by atoms with Crippen LogP contribution in [0.15, 0.2) is 24.3 Å². The van der Waals surface area contributed by atoms with Gasteiger partial charge in [0.1, 0.15) is 0 Å². The largest absolute Gasteiger partial charge is 0.369 e. The summed E-state index contributed by atoms with van der Waals surface area (Å²) in [7, 11) is 0. The average molecular weight is 248 g/mol. The summed E-state index contributed by atoms with van der Waals surface area (Å²) in [4.78, 5) is 2.39. The number of rotatable bonds is 2. The molecule has 0 bridgehead atoms. The Kier molecular flexibility index (Phi) is 3.64. The minimum Gasteiger partial charge on any atom is -0.369 e. The van der Waals surface area contributed by atoms with Crippen molar-refractivity contribution in [2.75, 3.05) is 18.0 Å². The number of nitrogens with two attached hydrogens (primary N) is 1. The van der Waals surface area contributed by atoms with Gasteiger partial charge in [0.05, 0.1) is 11.7 Å². The number of hydrogen-bond acceptors (Lipinski definition) is 3. The van der Waals surface area contributed by atoms with E-state index in [9.17, 15) is 0 Å². The summed E-state index contributed by atoms with van der Waals surface area (Å²) in [6.07, 6.45) is 0.266. The molecule has 2 N–H and O–H groups in total. The lowest BCUT2D eigenvalue weighted by Crippen LogP contribution is -2.52. The third kappa shape index (κ3) is 3.03. The Bertz CT molecular complexity index is 397. The van der Waals surface area contributed by atoms with Gasteiger partial charge in [-0.05, 0) is 45.4 Å². The van der Waals surface area contributed by atoms with Crippen molar-refractivity contribution >= 4 is 5.69 Å². The number of morpholine rings is 1. The molecule has 0 aromatic heterocycles. The van der Waals surface area contributed by atoms with Crippen LogP contribution in [0, 0.1) is 0 Å². The lowest BCUT2D eigenvalue weighted by Gasteiger charge is -2.43. The second-order valence-electron chi connectivity index (χ2n) is 5.95. The topological polar surface area (TPSA) is 38.5 Å². The van der Waals surface area contributed by atoms with Crippen LogP contribution in [-0.2, 0) is 4.74 Å². The molecule has 2 rings (SSSR count). The highest BCUT2D eigenvalue weighted by molar-refractivity contribution is 5.49. The number of nitrogens with zero attached hydrogens (tertiary/aromatic N) is 1. The molecule has 0 spiro atoms. The summed E-state index contributed by atoms with van der Waals surface area (Å²) < 4.78 is 5.93. The molecule has 0 radical (unpaired) electrons. The molecule has 100 valence electrons. The molecular weight excluding hydrogens is 224 g/mol. The van der Waals surface area contributed by atoms with Gasteiger partial charge < -0.3 is 15.4 Å². The zero-order valence-electron chi connectivity index (χ0n) is 11.8. The highest BCUT2D eigenvalue weighted by Crippen LogP contribution is 2.26. The Labute approximate surface area is 110 Å². The monoisotopic (exact) mass is 248 g/mol. The predicted octanol–water partition coefficient (Wildman–Crippen LogP) is 2.71. The Balaban J connectivity index is 2.15. The highest BCUT2D eigenvalue weighted by atomic mass is 16.5. The second-order valence-corrected chi connectivity index (χ2v) is 5.95. The molecular formula is C15H24N2O. The second kappa shape index (κ2) is 4.90. The molecule has 3 heteroatoms. The number of hydrogen-bond donors (Lipinski definition) is 1. The molecule has 1 aromatic carbocycles. The molecule has 18 heavy (non-hydrogen) atoms. The Hall–Kier alpha value is -1.06. The number of benzene rings is 1. The third-order valence-corrected chi connectivity index (χ3v) is 3.35. The van der Waals surface area contributed by atoms with Crippen molar-refractivity contribution in [1.82, 2.24) is 0 Å². The molecule has 0 saturated carbocycles. The number of anilines is 1. The van der Waals surface area contributed by atoms with Crippen LogP contribution < -0.4 is 10.6 Å². The molecule has 0 amide bonds. The molecule has 1 heterocycles. The van der Waals surface area contributed by atoms with Gasteiger partial charge in [-0.1, -0.05) is 12.1 Å². The fraction of sp³-hybridized carbons (Fsp3) is 0.600. The lowest BCUT2D eigenvalue weighted by molar-refractivity contribution is -0.0749. The molecule has 1 aromatic rings. The first kappa shape index (κ1) is 13.4. The van der Waals surface area contributed by atoms with E-state index in [0.29, 0.717) is 0 Å². The van der Waals surface area contributed by atoms with E-state index in [1.807, 2.05) is 6.92 Å². The van der Waals surface area contributed by atoms with E-state index in [1.165, 1.54) is 11.3 Å². The first-order valence-electron chi connectivity index (χ1n) is 6.66. The summed E-state index contributed by atoms with van der Waals surface area (Å²) in [6.45, 7) is 10.3. The molecule has 1 aliphatic rings. The van der Waals surface area contributed by atoms with E-state index in [0.717, 1.165) is 13.1 Å². The van der Waals surface area contributed by atoms with Gasteiger partial charge in [-0.25, -0.2) is 0 Å². The van der Waals surface area contributed by atoms with E-state index in [1.54, 1.807) is 0 Å². The normalized spacial score (nSPS) is 24.9. The highest BCUT2D eigenvalue weighted by Gasteiger charge is 2.31. The molecule has 1 saturated heterocycles. The van der Waals surface area contributed by atoms with Crippen molar-refractivity contribution in [3.8, 4) is 0 Å². The SMILES string of the molecule is CC1CN(c2ccc([C@H](C)N)cc2)CC(C)(C)O1. The van der Waals surface area contributed by atoms with Crippen LogP contribution in [0.25, 0.3) is 0 Å². The van der Waals surface area contributed by atoms with Crippen LogP contribution in [0.5, 0.6) is 0 Å². The molecule has 3 nitrogen and oxygen atoms in total. The van der Waals surface area contributed by atoms with Gasteiger partial charge in [0.2, 0.25) is 0 Å². The smallest absolute Gasteiger partial charge is 0.0805 e. The first-order valence-corrected chi connectivity index (χ1v) is 6.66. The van der Waals surface area contributed by atoms with Crippen LogP contribution in [0.2, 0.25) is 0 Å². The van der Waals surface area contributed by atoms with E-state index in [2.05, 4.69) is 49.9 Å². The summed E-state index contributed by atoms with van der Waals surface area (Å²) in [5.41, 5.74) is 8.22. The zero-order valence-corrected chi connectivity index (χ0v) is 11.8. The molecule has 1 fully saturated rings. The summed E-state index contributed by atoms with van der Waals surface area (Å²) in [5, 5.41) is 0. The van der Waals surface area contributed by atoms with Crippen LogP contribution in [0.1, 0.15) is 39.3 Å². The zero-order chi connectivity index (χ0) is 13.3. The molecule has 0 aliphatic carbocycles. The minimum atomic E-state index is -0.0858. The van der Waals surface area contributed by atoms with Gasteiger partial charge in [0.25, 0.3) is 0 Å². The van der Waals surface area contributed by atoms with Crippen molar-refractivity contribution < 1.29 is 4.74 Å². The fourth-order valence-corrected chi connectivity index (χ4v) is 2.64. The minimum absolute atomic E-state index is 0.0858. The van der Waals surface area contributed by atoms with Gasteiger partial charge >= 0.3 is 0 Å². The van der Waals surface area contributed by atoms with Gasteiger partial charge in [-0.3, -0.25) is 0 Å². The summed E-state index contributed by atoms with van der Waals surface area (Å²) in [6, 6.07) is 8.65. The van der Waals surface area contributed by atoms with Crippen LogP contribution >= 0.6 is 0 Å². The molecule has 2 atom stereocenters.